The first kappa shape index (κ1) is 13.7. The van der Waals surface area contributed by atoms with Crippen LogP contribution < -0.4 is 0 Å². The quantitative estimate of drug-likeness (QED) is 0.622. The van der Waals surface area contributed by atoms with Crippen molar-refractivity contribution in [2.45, 2.75) is 58.5 Å². The average molecular weight is 236 g/mol. The Morgan fingerprint density at radius 1 is 0.938 bits per heavy atom. The zero-order valence-corrected chi connectivity index (χ0v) is 12.7. The standard InChI is InChI=1S/C15H25P/c1-14(2,3)12-9-7-8-11(10-16)13(12)15(4,5)6/h7-9H,10,16H2,1-6H3. The van der Waals surface area contributed by atoms with Crippen molar-refractivity contribution in [2.75, 3.05) is 0 Å². The van der Waals surface area contributed by atoms with Crippen LogP contribution in [0.25, 0.3) is 0 Å². The molecule has 0 saturated heterocycles. The van der Waals surface area contributed by atoms with E-state index in [1.807, 2.05) is 0 Å². The molecule has 0 heterocycles. The summed E-state index contributed by atoms with van der Waals surface area (Å²) < 4.78 is 0. The van der Waals surface area contributed by atoms with Gasteiger partial charge in [-0.2, -0.15) is 0 Å². The molecule has 0 saturated carbocycles. The van der Waals surface area contributed by atoms with Gasteiger partial charge in [-0.3, -0.25) is 0 Å². The smallest absolute Gasteiger partial charge is 0.0125 e. The molecule has 16 heavy (non-hydrogen) atoms. The SMILES string of the molecule is CC(C)(C)c1cccc(CP)c1C(C)(C)C. The first-order chi connectivity index (χ1) is 7.18. The maximum absolute atomic E-state index is 2.85. The highest BCUT2D eigenvalue weighted by atomic mass is 31.0. The van der Waals surface area contributed by atoms with Crippen LogP contribution in [0.15, 0.2) is 18.2 Å². The Morgan fingerprint density at radius 2 is 1.50 bits per heavy atom. The van der Waals surface area contributed by atoms with E-state index >= 15 is 0 Å². The van der Waals surface area contributed by atoms with Crippen molar-refractivity contribution in [1.82, 2.24) is 0 Å². The largest absolute Gasteiger partial charge is 0.133 e. The molecule has 1 heteroatoms. The third kappa shape index (κ3) is 2.86. The molecule has 1 unspecified atom stereocenters. The molecule has 1 atom stereocenters. The molecule has 0 bridgehead atoms. The number of hydrogen-bond donors (Lipinski definition) is 0. The summed E-state index contributed by atoms with van der Waals surface area (Å²) in [7, 11) is 2.85. The van der Waals surface area contributed by atoms with Crippen molar-refractivity contribution >= 4 is 9.24 Å². The van der Waals surface area contributed by atoms with E-state index < -0.39 is 0 Å². The van der Waals surface area contributed by atoms with Crippen molar-refractivity contribution in [3.63, 3.8) is 0 Å². The molecule has 0 aliphatic carbocycles. The molecule has 0 aliphatic rings. The lowest BCUT2D eigenvalue weighted by Gasteiger charge is -2.32. The van der Waals surface area contributed by atoms with Crippen LogP contribution in [0.2, 0.25) is 0 Å². The monoisotopic (exact) mass is 236 g/mol. The second kappa shape index (κ2) is 4.49. The van der Waals surface area contributed by atoms with Crippen LogP contribution in [-0.4, -0.2) is 0 Å². The topological polar surface area (TPSA) is 0 Å². The summed E-state index contributed by atoms with van der Waals surface area (Å²) in [5.74, 6) is 0. The van der Waals surface area contributed by atoms with E-state index in [0.717, 1.165) is 6.16 Å². The number of rotatable bonds is 1. The van der Waals surface area contributed by atoms with Gasteiger partial charge < -0.3 is 0 Å². The van der Waals surface area contributed by atoms with E-state index in [1.54, 1.807) is 0 Å². The Morgan fingerprint density at radius 3 is 1.88 bits per heavy atom. The van der Waals surface area contributed by atoms with Crippen LogP contribution in [0.1, 0.15) is 58.2 Å². The first-order valence-corrected chi connectivity index (χ1v) is 6.82. The minimum absolute atomic E-state index is 0.218. The summed E-state index contributed by atoms with van der Waals surface area (Å²) in [5, 5.41) is 0. The summed E-state index contributed by atoms with van der Waals surface area (Å²) in [6.45, 7) is 13.8. The van der Waals surface area contributed by atoms with Crippen LogP contribution in [0.5, 0.6) is 0 Å². The van der Waals surface area contributed by atoms with Gasteiger partial charge in [0, 0.05) is 0 Å². The number of hydrogen-bond acceptors (Lipinski definition) is 0. The molecule has 0 radical (unpaired) electrons. The van der Waals surface area contributed by atoms with Gasteiger partial charge in [0.05, 0.1) is 0 Å². The lowest BCUT2D eigenvalue weighted by atomic mass is 9.73. The Labute approximate surface area is 103 Å². The van der Waals surface area contributed by atoms with Gasteiger partial charge in [-0.1, -0.05) is 59.7 Å². The fraction of sp³-hybridized carbons (Fsp3) is 0.600. The molecule has 0 nitrogen and oxygen atoms in total. The predicted molar refractivity (Wildman–Crippen MR) is 77.3 cm³/mol. The van der Waals surface area contributed by atoms with Gasteiger partial charge in [-0.05, 0) is 33.7 Å². The highest BCUT2D eigenvalue weighted by Crippen LogP contribution is 2.36. The summed E-state index contributed by atoms with van der Waals surface area (Å²) >= 11 is 0. The Balaban J connectivity index is 3.51. The van der Waals surface area contributed by atoms with E-state index in [0.29, 0.717) is 0 Å². The van der Waals surface area contributed by atoms with Crippen LogP contribution in [0.3, 0.4) is 0 Å². The van der Waals surface area contributed by atoms with E-state index in [-0.39, 0.29) is 10.8 Å². The molecule has 90 valence electrons. The Bertz CT molecular complexity index is 364. The number of benzene rings is 1. The second-order valence-corrected chi connectivity index (χ2v) is 6.95. The third-order valence-electron chi connectivity index (χ3n) is 2.93. The summed E-state index contributed by atoms with van der Waals surface area (Å²) in [5.41, 5.74) is 4.91. The van der Waals surface area contributed by atoms with E-state index in [9.17, 15) is 0 Å². The molecule has 0 aromatic heterocycles. The van der Waals surface area contributed by atoms with Crippen molar-refractivity contribution < 1.29 is 0 Å². The predicted octanol–water partition coefficient (Wildman–Crippen LogP) is 4.66. The van der Waals surface area contributed by atoms with Gasteiger partial charge in [0.2, 0.25) is 0 Å². The fourth-order valence-electron chi connectivity index (χ4n) is 2.28. The van der Waals surface area contributed by atoms with E-state index in [4.69, 9.17) is 0 Å². The Hall–Kier alpha value is -0.350. The highest BCUT2D eigenvalue weighted by Gasteiger charge is 2.26. The van der Waals surface area contributed by atoms with Gasteiger partial charge in [0.25, 0.3) is 0 Å². The highest BCUT2D eigenvalue weighted by molar-refractivity contribution is 7.15. The normalized spacial score (nSPS) is 12.9. The lowest BCUT2D eigenvalue weighted by Crippen LogP contribution is -2.23. The first-order valence-electron chi connectivity index (χ1n) is 6.01. The molecule has 0 amide bonds. The summed E-state index contributed by atoms with van der Waals surface area (Å²) in [6, 6.07) is 6.72. The molecule has 1 rings (SSSR count). The molecule has 0 aliphatic heterocycles. The minimum Gasteiger partial charge on any atom is -0.133 e. The molecule has 0 fully saturated rings. The molecule has 1 aromatic carbocycles. The van der Waals surface area contributed by atoms with Gasteiger partial charge >= 0.3 is 0 Å². The zero-order chi connectivity index (χ0) is 12.6. The second-order valence-electron chi connectivity index (χ2n) is 6.54. The summed E-state index contributed by atoms with van der Waals surface area (Å²) in [4.78, 5) is 0. The fourth-order valence-corrected chi connectivity index (χ4v) is 2.62. The molecular weight excluding hydrogens is 211 g/mol. The van der Waals surface area contributed by atoms with Crippen LogP contribution >= 0.6 is 9.24 Å². The Kier molecular flexibility index (Phi) is 3.85. The maximum atomic E-state index is 2.85. The summed E-state index contributed by atoms with van der Waals surface area (Å²) in [6.07, 6.45) is 1.04. The lowest BCUT2D eigenvalue weighted by molar-refractivity contribution is 0.527. The van der Waals surface area contributed by atoms with Gasteiger partial charge in [-0.25, -0.2) is 0 Å². The zero-order valence-electron chi connectivity index (χ0n) is 11.5. The van der Waals surface area contributed by atoms with Crippen LogP contribution in [0.4, 0.5) is 0 Å². The van der Waals surface area contributed by atoms with Gasteiger partial charge in [0.1, 0.15) is 0 Å². The van der Waals surface area contributed by atoms with Crippen molar-refractivity contribution in [3.8, 4) is 0 Å². The van der Waals surface area contributed by atoms with Crippen LogP contribution in [-0.2, 0) is 17.0 Å². The van der Waals surface area contributed by atoms with Crippen molar-refractivity contribution in [3.05, 3.63) is 34.9 Å². The van der Waals surface area contributed by atoms with E-state index in [1.165, 1.54) is 16.7 Å². The maximum Gasteiger partial charge on any atom is -0.0125 e. The van der Waals surface area contributed by atoms with Crippen molar-refractivity contribution in [1.29, 1.82) is 0 Å². The average Bonchev–Trinajstić information content (AvgIpc) is 2.13. The molecule has 0 spiro atoms. The van der Waals surface area contributed by atoms with Gasteiger partial charge in [0.15, 0.2) is 0 Å². The molecule has 0 N–H and O–H groups in total. The van der Waals surface area contributed by atoms with Crippen molar-refractivity contribution in [2.24, 2.45) is 0 Å². The molecular formula is C15H25P. The third-order valence-corrected chi connectivity index (χ3v) is 3.37. The molecule has 1 aromatic rings. The minimum atomic E-state index is 0.218. The van der Waals surface area contributed by atoms with Gasteiger partial charge in [-0.15, -0.1) is 9.24 Å². The van der Waals surface area contributed by atoms with E-state index in [2.05, 4.69) is 69.0 Å². The van der Waals surface area contributed by atoms with Crippen LogP contribution in [0, 0.1) is 0 Å².